The fourth-order valence-electron chi connectivity index (χ4n) is 2.36. The summed E-state index contributed by atoms with van der Waals surface area (Å²) >= 11 is 0. The molecule has 0 saturated carbocycles. The summed E-state index contributed by atoms with van der Waals surface area (Å²) in [5.41, 5.74) is 9.92. The first kappa shape index (κ1) is 14.5. The van der Waals surface area contributed by atoms with Gasteiger partial charge in [-0.3, -0.25) is 0 Å². The molecule has 0 spiro atoms. The quantitative estimate of drug-likeness (QED) is 0.777. The number of hydrogen-bond donors (Lipinski definition) is 2. The molecule has 3 rings (SSSR count). The number of nitrogens with one attached hydrogen (secondary N) is 1. The van der Waals surface area contributed by atoms with Crippen molar-refractivity contribution in [1.29, 1.82) is 0 Å². The maximum Gasteiger partial charge on any atom is 0.158 e. The molecule has 0 aliphatic rings. The zero-order valence-corrected chi connectivity index (χ0v) is 12.6. The lowest BCUT2D eigenvalue weighted by atomic mass is 10.1. The summed E-state index contributed by atoms with van der Waals surface area (Å²) in [5.74, 6) is 0.629. The highest BCUT2D eigenvalue weighted by molar-refractivity contribution is 5.66. The third-order valence-corrected chi connectivity index (χ3v) is 3.66. The Morgan fingerprint density at radius 3 is 2.64 bits per heavy atom. The van der Waals surface area contributed by atoms with E-state index >= 15 is 0 Å². The highest BCUT2D eigenvalue weighted by Gasteiger charge is 2.13. The maximum absolute atomic E-state index is 13.1. The normalized spacial score (nSPS) is 11.1. The van der Waals surface area contributed by atoms with Crippen LogP contribution in [0.5, 0.6) is 0 Å². The highest BCUT2D eigenvalue weighted by Crippen LogP contribution is 2.24. The molecule has 0 aliphatic carbocycles. The van der Waals surface area contributed by atoms with Crippen LogP contribution in [-0.2, 0) is 0 Å². The number of anilines is 1. The monoisotopic (exact) mass is 299 g/mol. The van der Waals surface area contributed by atoms with Gasteiger partial charge in [-0.1, -0.05) is 0 Å². The standard InChI is InChI=1S/C16H18FN5/c1-10-11(2)20-15-9-14(12-3-5-13(17)6-4-12)21-22(15)16(10)19-8-7-18/h3-6,9,19H,7-8,18H2,1-2H3. The third kappa shape index (κ3) is 2.53. The van der Waals surface area contributed by atoms with Crippen LogP contribution in [0.25, 0.3) is 16.9 Å². The van der Waals surface area contributed by atoms with Gasteiger partial charge in [0.15, 0.2) is 5.65 Å². The van der Waals surface area contributed by atoms with Gasteiger partial charge in [0.1, 0.15) is 11.6 Å². The van der Waals surface area contributed by atoms with Gasteiger partial charge in [0.2, 0.25) is 0 Å². The van der Waals surface area contributed by atoms with Crippen molar-refractivity contribution in [3.05, 3.63) is 47.4 Å². The van der Waals surface area contributed by atoms with Gasteiger partial charge in [-0.05, 0) is 38.1 Å². The van der Waals surface area contributed by atoms with E-state index in [1.165, 1.54) is 12.1 Å². The summed E-state index contributed by atoms with van der Waals surface area (Å²) in [6.07, 6.45) is 0. The van der Waals surface area contributed by atoms with Crippen LogP contribution in [0.15, 0.2) is 30.3 Å². The van der Waals surface area contributed by atoms with E-state index in [1.54, 1.807) is 16.6 Å². The summed E-state index contributed by atoms with van der Waals surface area (Å²) < 4.78 is 14.8. The van der Waals surface area contributed by atoms with Crippen LogP contribution >= 0.6 is 0 Å². The first-order valence-corrected chi connectivity index (χ1v) is 7.17. The smallest absolute Gasteiger partial charge is 0.158 e. The number of fused-ring (bicyclic) bond motifs is 1. The van der Waals surface area contributed by atoms with Crippen LogP contribution in [0.4, 0.5) is 10.2 Å². The summed E-state index contributed by atoms with van der Waals surface area (Å²) in [6, 6.07) is 8.18. The number of nitrogens with two attached hydrogens (primary N) is 1. The predicted octanol–water partition coefficient (Wildman–Crippen LogP) is 2.52. The van der Waals surface area contributed by atoms with E-state index < -0.39 is 0 Å². The first-order valence-electron chi connectivity index (χ1n) is 7.17. The van der Waals surface area contributed by atoms with Crippen LogP contribution in [0.2, 0.25) is 0 Å². The van der Waals surface area contributed by atoms with Crippen molar-refractivity contribution in [2.75, 3.05) is 18.4 Å². The molecule has 2 heterocycles. The molecule has 1 aromatic carbocycles. The molecule has 2 aromatic heterocycles. The highest BCUT2D eigenvalue weighted by atomic mass is 19.1. The Labute approximate surface area is 128 Å². The Bertz CT molecular complexity index is 808. The van der Waals surface area contributed by atoms with E-state index in [2.05, 4.69) is 15.4 Å². The van der Waals surface area contributed by atoms with E-state index in [9.17, 15) is 4.39 Å². The summed E-state index contributed by atoms with van der Waals surface area (Å²) in [6.45, 7) is 5.16. The van der Waals surface area contributed by atoms with Crippen molar-refractivity contribution in [2.45, 2.75) is 13.8 Å². The molecule has 0 aliphatic heterocycles. The molecule has 0 fully saturated rings. The Morgan fingerprint density at radius 1 is 1.23 bits per heavy atom. The van der Waals surface area contributed by atoms with Gasteiger partial charge in [0.05, 0.1) is 5.69 Å². The zero-order valence-electron chi connectivity index (χ0n) is 12.6. The number of hydrogen-bond acceptors (Lipinski definition) is 4. The molecule has 0 radical (unpaired) electrons. The second-order valence-corrected chi connectivity index (χ2v) is 5.19. The predicted molar refractivity (Wildman–Crippen MR) is 85.4 cm³/mol. The Morgan fingerprint density at radius 2 is 1.95 bits per heavy atom. The van der Waals surface area contributed by atoms with Crippen LogP contribution in [0, 0.1) is 19.7 Å². The van der Waals surface area contributed by atoms with Crippen LogP contribution in [0.1, 0.15) is 11.3 Å². The molecular formula is C16H18FN5. The van der Waals surface area contributed by atoms with Crippen molar-refractivity contribution in [1.82, 2.24) is 14.6 Å². The van der Waals surface area contributed by atoms with Gasteiger partial charge in [-0.25, -0.2) is 9.37 Å². The number of nitrogens with zero attached hydrogens (tertiary/aromatic N) is 3. The van der Waals surface area contributed by atoms with Gasteiger partial charge < -0.3 is 11.1 Å². The first-order chi connectivity index (χ1) is 10.6. The minimum Gasteiger partial charge on any atom is -0.368 e. The van der Waals surface area contributed by atoms with Crippen molar-refractivity contribution < 1.29 is 4.39 Å². The summed E-state index contributed by atoms with van der Waals surface area (Å²) in [4.78, 5) is 4.56. The van der Waals surface area contributed by atoms with Crippen molar-refractivity contribution in [2.24, 2.45) is 5.73 Å². The van der Waals surface area contributed by atoms with Gasteiger partial charge in [-0.15, -0.1) is 0 Å². The van der Waals surface area contributed by atoms with E-state index in [0.717, 1.165) is 34.0 Å². The molecule has 0 amide bonds. The number of aromatic nitrogens is 3. The maximum atomic E-state index is 13.1. The molecule has 3 N–H and O–H groups in total. The number of benzene rings is 1. The van der Waals surface area contributed by atoms with Gasteiger partial charge in [-0.2, -0.15) is 9.61 Å². The number of halogens is 1. The minimum atomic E-state index is -0.261. The van der Waals surface area contributed by atoms with E-state index in [1.807, 2.05) is 19.9 Å². The summed E-state index contributed by atoms with van der Waals surface area (Å²) in [7, 11) is 0. The van der Waals surface area contributed by atoms with Crippen molar-refractivity contribution in [3.63, 3.8) is 0 Å². The molecule has 0 atom stereocenters. The number of rotatable bonds is 4. The van der Waals surface area contributed by atoms with E-state index in [4.69, 9.17) is 5.73 Å². The Hall–Kier alpha value is -2.47. The molecular weight excluding hydrogens is 281 g/mol. The molecule has 22 heavy (non-hydrogen) atoms. The largest absolute Gasteiger partial charge is 0.368 e. The molecule has 0 bridgehead atoms. The molecule has 6 heteroatoms. The second-order valence-electron chi connectivity index (χ2n) is 5.19. The molecule has 3 aromatic rings. The van der Waals surface area contributed by atoms with Gasteiger partial charge >= 0.3 is 0 Å². The lowest BCUT2D eigenvalue weighted by Crippen LogP contribution is -2.17. The molecule has 114 valence electrons. The van der Waals surface area contributed by atoms with Crippen LogP contribution in [0.3, 0.4) is 0 Å². The topological polar surface area (TPSA) is 68.2 Å². The fourth-order valence-corrected chi connectivity index (χ4v) is 2.36. The van der Waals surface area contributed by atoms with Crippen LogP contribution in [-0.4, -0.2) is 27.7 Å². The average molecular weight is 299 g/mol. The third-order valence-electron chi connectivity index (χ3n) is 3.66. The van der Waals surface area contributed by atoms with Gasteiger partial charge in [0.25, 0.3) is 0 Å². The Kier molecular flexibility index (Phi) is 3.77. The SMILES string of the molecule is Cc1nc2cc(-c3ccc(F)cc3)nn2c(NCCN)c1C. The van der Waals surface area contributed by atoms with Crippen molar-refractivity contribution in [3.8, 4) is 11.3 Å². The Balaban J connectivity index is 2.14. The fraction of sp³-hybridized carbons (Fsp3) is 0.250. The average Bonchev–Trinajstić information content (AvgIpc) is 2.92. The summed E-state index contributed by atoms with van der Waals surface area (Å²) in [5, 5.41) is 7.89. The molecule has 0 saturated heterocycles. The van der Waals surface area contributed by atoms with E-state index in [-0.39, 0.29) is 5.82 Å². The minimum absolute atomic E-state index is 0.261. The van der Waals surface area contributed by atoms with E-state index in [0.29, 0.717) is 13.1 Å². The lowest BCUT2D eigenvalue weighted by Gasteiger charge is -2.12. The zero-order chi connectivity index (χ0) is 15.7. The number of aryl methyl sites for hydroxylation is 1. The molecule has 0 unspecified atom stereocenters. The second kappa shape index (κ2) is 5.73. The van der Waals surface area contributed by atoms with Gasteiger partial charge in [0, 0.05) is 36.0 Å². The van der Waals surface area contributed by atoms with Crippen LogP contribution < -0.4 is 11.1 Å². The molecule has 5 nitrogen and oxygen atoms in total. The lowest BCUT2D eigenvalue weighted by molar-refractivity contribution is 0.628. The van der Waals surface area contributed by atoms with Crippen molar-refractivity contribution >= 4 is 11.5 Å².